The van der Waals surface area contributed by atoms with Gasteiger partial charge in [-0.3, -0.25) is 0 Å². The van der Waals surface area contributed by atoms with Crippen LogP contribution < -0.4 is 4.74 Å². The molecule has 0 N–H and O–H groups in total. The summed E-state index contributed by atoms with van der Waals surface area (Å²) < 4.78 is 5.50. The number of likely N-dealkylation sites (tertiary alicyclic amines) is 1. The first-order valence-corrected chi connectivity index (χ1v) is 9.65. The monoisotopic (exact) mass is 315 g/mol. The van der Waals surface area contributed by atoms with E-state index in [4.69, 9.17) is 4.74 Å². The molecule has 128 valence electrons. The van der Waals surface area contributed by atoms with Crippen LogP contribution in [-0.2, 0) is 5.41 Å². The van der Waals surface area contributed by atoms with Crippen LogP contribution in [-0.4, -0.2) is 31.6 Å². The smallest absolute Gasteiger partial charge is 0.119 e. The molecule has 0 unspecified atom stereocenters. The lowest BCUT2D eigenvalue weighted by atomic mass is 9.59. The molecule has 2 aliphatic rings. The first kappa shape index (κ1) is 16.8. The van der Waals surface area contributed by atoms with Crippen molar-refractivity contribution in [3.8, 4) is 5.75 Å². The number of benzene rings is 1. The van der Waals surface area contributed by atoms with Crippen LogP contribution in [0.25, 0.3) is 0 Å². The number of piperidine rings is 1. The predicted molar refractivity (Wildman–Crippen MR) is 97.2 cm³/mol. The summed E-state index contributed by atoms with van der Waals surface area (Å²) in [5.41, 5.74) is 1.95. The second-order valence-corrected chi connectivity index (χ2v) is 7.59. The molecule has 2 atom stereocenters. The number of hydrogen-bond donors (Lipinski definition) is 0. The van der Waals surface area contributed by atoms with E-state index in [0.717, 1.165) is 11.7 Å². The molecule has 2 nitrogen and oxygen atoms in total. The highest BCUT2D eigenvalue weighted by molar-refractivity contribution is 5.35. The fourth-order valence-electron chi connectivity index (χ4n) is 4.91. The maximum absolute atomic E-state index is 5.50. The third-order valence-electron chi connectivity index (χ3n) is 6.28. The van der Waals surface area contributed by atoms with Crippen molar-refractivity contribution in [3.63, 3.8) is 0 Å². The molecular formula is C21H33NO. The van der Waals surface area contributed by atoms with Crippen LogP contribution in [0.1, 0.15) is 63.9 Å². The van der Waals surface area contributed by atoms with Gasteiger partial charge in [-0.1, -0.05) is 44.7 Å². The average Bonchev–Trinajstić information content (AvgIpc) is 2.62. The number of hydrogen-bond acceptors (Lipinski definition) is 2. The van der Waals surface area contributed by atoms with Gasteiger partial charge in [0.15, 0.2) is 0 Å². The molecule has 2 fully saturated rings. The minimum atomic E-state index is 0.411. The Kier molecular flexibility index (Phi) is 5.63. The van der Waals surface area contributed by atoms with E-state index >= 15 is 0 Å². The number of rotatable bonds is 6. The number of methoxy groups -OCH3 is 1. The van der Waals surface area contributed by atoms with E-state index in [2.05, 4.69) is 36.1 Å². The summed E-state index contributed by atoms with van der Waals surface area (Å²) in [7, 11) is 1.78. The molecule has 1 aliphatic carbocycles. The van der Waals surface area contributed by atoms with E-state index < -0.39 is 0 Å². The van der Waals surface area contributed by atoms with Crippen molar-refractivity contribution in [1.29, 1.82) is 0 Å². The van der Waals surface area contributed by atoms with Gasteiger partial charge >= 0.3 is 0 Å². The molecule has 0 aromatic heterocycles. The number of nitrogens with zero attached hydrogens (tertiary/aromatic N) is 1. The molecule has 1 heterocycles. The van der Waals surface area contributed by atoms with E-state index in [-0.39, 0.29) is 0 Å². The standard InChI is InChI=1S/C21H33NO/c1-3-4-7-14-22-15-13-21(12-6-5-9-19(21)17-22)18-10-8-11-20(16-18)23-2/h8,10-11,16,19H,3-7,9,12-15,17H2,1-2H3/t19-,21-/m1/s1. The lowest BCUT2D eigenvalue weighted by Crippen LogP contribution is -2.51. The Hall–Kier alpha value is -1.02. The zero-order valence-corrected chi connectivity index (χ0v) is 15.0. The second kappa shape index (κ2) is 7.70. The van der Waals surface area contributed by atoms with Gasteiger partial charge in [-0.2, -0.15) is 0 Å². The zero-order valence-electron chi connectivity index (χ0n) is 15.0. The highest BCUT2D eigenvalue weighted by Gasteiger charge is 2.45. The Balaban J connectivity index is 1.76. The molecule has 2 heteroatoms. The van der Waals surface area contributed by atoms with Crippen molar-refractivity contribution in [2.45, 2.75) is 63.7 Å². The van der Waals surface area contributed by atoms with Crippen molar-refractivity contribution >= 4 is 0 Å². The number of fused-ring (bicyclic) bond motifs is 1. The van der Waals surface area contributed by atoms with E-state index in [1.807, 2.05) is 0 Å². The fourth-order valence-corrected chi connectivity index (χ4v) is 4.91. The van der Waals surface area contributed by atoms with Gasteiger partial charge in [-0.15, -0.1) is 0 Å². The van der Waals surface area contributed by atoms with Crippen LogP contribution >= 0.6 is 0 Å². The Morgan fingerprint density at radius 2 is 2.13 bits per heavy atom. The molecule has 0 bridgehead atoms. The average molecular weight is 316 g/mol. The van der Waals surface area contributed by atoms with Gasteiger partial charge in [0.2, 0.25) is 0 Å². The summed E-state index contributed by atoms with van der Waals surface area (Å²) in [6.45, 7) is 6.18. The highest BCUT2D eigenvalue weighted by atomic mass is 16.5. The van der Waals surface area contributed by atoms with Crippen LogP contribution in [0.5, 0.6) is 5.75 Å². The minimum absolute atomic E-state index is 0.411. The lowest BCUT2D eigenvalue weighted by Gasteiger charge is -2.51. The van der Waals surface area contributed by atoms with Gasteiger partial charge in [-0.05, 0) is 62.4 Å². The summed E-state index contributed by atoms with van der Waals surface area (Å²) in [6, 6.07) is 8.93. The summed E-state index contributed by atoms with van der Waals surface area (Å²) in [5.74, 6) is 1.85. The molecule has 1 aromatic rings. The third-order valence-corrected chi connectivity index (χ3v) is 6.28. The summed E-state index contributed by atoms with van der Waals surface area (Å²) in [6.07, 6.45) is 11.0. The van der Waals surface area contributed by atoms with Gasteiger partial charge in [0, 0.05) is 12.0 Å². The predicted octanol–water partition coefficient (Wildman–Crippen LogP) is 5.02. The van der Waals surface area contributed by atoms with Crippen molar-refractivity contribution in [2.24, 2.45) is 5.92 Å². The lowest BCUT2D eigenvalue weighted by molar-refractivity contribution is 0.0553. The van der Waals surface area contributed by atoms with Crippen molar-refractivity contribution in [3.05, 3.63) is 29.8 Å². The van der Waals surface area contributed by atoms with Crippen LogP contribution in [0, 0.1) is 5.92 Å². The molecule has 0 amide bonds. The molecule has 1 aliphatic heterocycles. The highest BCUT2D eigenvalue weighted by Crippen LogP contribution is 2.49. The topological polar surface area (TPSA) is 12.5 Å². The molecule has 1 saturated heterocycles. The van der Waals surface area contributed by atoms with Crippen molar-refractivity contribution < 1.29 is 4.74 Å². The van der Waals surface area contributed by atoms with Crippen molar-refractivity contribution in [1.82, 2.24) is 4.90 Å². The van der Waals surface area contributed by atoms with Crippen LogP contribution in [0.2, 0.25) is 0 Å². The minimum Gasteiger partial charge on any atom is -0.497 e. The van der Waals surface area contributed by atoms with E-state index in [9.17, 15) is 0 Å². The normalized spacial score (nSPS) is 28.3. The van der Waals surface area contributed by atoms with Crippen molar-refractivity contribution in [2.75, 3.05) is 26.7 Å². The van der Waals surface area contributed by atoms with E-state index in [0.29, 0.717) is 5.41 Å². The molecule has 23 heavy (non-hydrogen) atoms. The van der Waals surface area contributed by atoms with Gasteiger partial charge < -0.3 is 9.64 Å². The zero-order chi connectivity index (χ0) is 16.1. The Labute approximate surface area is 142 Å². The fraction of sp³-hybridized carbons (Fsp3) is 0.714. The Morgan fingerprint density at radius 1 is 1.22 bits per heavy atom. The van der Waals surface area contributed by atoms with Crippen LogP contribution in [0.15, 0.2) is 24.3 Å². The Morgan fingerprint density at radius 3 is 2.96 bits per heavy atom. The number of ether oxygens (including phenoxy) is 1. The maximum Gasteiger partial charge on any atom is 0.119 e. The van der Waals surface area contributed by atoms with Gasteiger partial charge in [0.25, 0.3) is 0 Å². The molecule has 1 saturated carbocycles. The quantitative estimate of drug-likeness (QED) is 0.683. The van der Waals surface area contributed by atoms with E-state index in [1.54, 1.807) is 7.11 Å². The summed E-state index contributed by atoms with van der Waals surface area (Å²) >= 11 is 0. The maximum atomic E-state index is 5.50. The van der Waals surface area contributed by atoms with E-state index in [1.165, 1.54) is 76.6 Å². The Bertz CT molecular complexity index is 500. The summed E-state index contributed by atoms with van der Waals surface area (Å²) in [5, 5.41) is 0. The largest absolute Gasteiger partial charge is 0.497 e. The van der Waals surface area contributed by atoms with Gasteiger partial charge in [0.05, 0.1) is 7.11 Å². The van der Waals surface area contributed by atoms with Gasteiger partial charge in [-0.25, -0.2) is 0 Å². The third kappa shape index (κ3) is 3.57. The van der Waals surface area contributed by atoms with Gasteiger partial charge in [0.1, 0.15) is 5.75 Å². The number of unbranched alkanes of at least 4 members (excludes halogenated alkanes) is 2. The van der Waals surface area contributed by atoms with Crippen LogP contribution in [0.3, 0.4) is 0 Å². The molecule has 0 spiro atoms. The summed E-state index contributed by atoms with van der Waals surface area (Å²) in [4.78, 5) is 2.74. The second-order valence-electron chi connectivity index (χ2n) is 7.59. The first-order chi connectivity index (χ1) is 11.3. The molecule has 3 rings (SSSR count). The molecular weight excluding hydrogens is 282 g/mol. The van der Waals surface area contributed by atoms with Crippen LogP contribution in [0.4, 0.5) is 0 Å². The first-order valence-electron chi connectivity index (χ1n) is 9.65. The molecule has 0 radical (unpaired) electrons. The molecule has 1 aromatic carbocycles. The SMILES string of the molecule is CCCCCN1CC[C@@]2(c3cccc(OC)c3)CCCC[C@@H]2C1.